The van der Waals surface area contributed by atoms with Crippen LogP contribution >= 0.6 is 0 Å². The van der Waals surface area contributed by atoms with Gasteiger partial charge in [-0.1, -0.05) is 36.4 Å². The van der Waals surface area contributed by atoms with E-state index in [-0.39, 0.29) is 0 Å². The Bertz CT molecular complexity index is 535. The molecule has 0 saturated heterocycles. The van der Waals surface area contributed by atoms with Gasteiger partial charge in [-0.2, -0.15) is 5.26 Å². The van der Waals surface area contributed by atoms with Gasteiger partial charge in [0.1, 0.15) is 5.75 Å². The average Bonchev–Trinajstić information content (AvgIpc) is 2.42. The van der Waals surface area contributed by atoms with Gasteiger partial charge in [0.15, 0.2) is 0 Å². The van der Waals surface area contributed by atoms with E-state index >= 15 is 0 Å². The fourth-order valence-electron chi connectivity index (χ4n) is 1.85. The normalized spacial score (nSPS) is 9.78. The summed E-state index contributed by atoms with van der Waals surface area (Å²) in [4.78, 5) is 0. The minimum absolute atomic E-state index is 0.475. The van der Waals surface area contributed by atoms with Crippen molar-refractivity contribution in [2.75, 3.05) is 7.11 Å². The summed E-state index contributed by atoms with van der Waals surface area (Å²) in [5.41, 5.74) is 3.57. The first-order chi connectivity index (χ1) is 8.81. The van der Waals surface area contributed by atoms with Crippen molar-refractivity contribution in [3.05, 3.63) is 65.2 Å². The van der Waals surface area contributed by atoms with E-state index in [1.807, 2.05) is 24.3 Å². The topological polar surface area (TPSA) is 33.0 Å². The average molecular weight is 237 g/mol. The summed E-state index contributed by atoms with van der Waals surface area (Å²) in [5, 5.41) is 8.61. The van der Waals surface area contributed by atoms with Gasteiger partial charge in [0.2, 0.25) is 0 Å². The van der Waals surface area contributed by atoms with Crippen LogP contribution in [0.15, 0.2) is 48.5 Å². The maximum Gasteiger partial charge on any atom is 0.118 e. The molecule has 90 valence electrons. The van der Waals surface area contributed by atoms with Crippen molar-refractivity contribution in [1.82, 2.24) is 0 Å². The lowest BCUT2D eigenvalue weighted by Gasteiger charge is -2.04. The molecule has 0 amide bonds. The molecule has 0 N–H and O–H groups in total. The minimum atomic E-state index is 0.475. The number of ether oxygens (including phenoxy) is 1. The highest BCUT2D eigenvalue weighted by molar-refractivity contribution is 5.32. The number of nitriles is 1. The highest BCUT2D eigenvalue weighted by Crippen LogP contribution is 2.15. The Morgan fingerprint density at radius 1 is 0.889 bits per heavy atom. The molecule has 0 atom stereocenters. The van der Waals surface area contributed by atoms with Crippen LogP contribution in [-0.2, 0) is 12.8 Å². The van der Waals surface area contributed by atoms with E-state index in [0.29, 0.717) is 6.42 Å². The molecule has 0 fully saturated rings. The van der Waals surface area contributed by atoms with Gasteiger partial charge in [0, 0.05) is 0 Å². The van der Waals surface area contributed by atoms with Gasteiger partial charge < -0.3 is 4.74 Å². The summed E-state index contributed by atoms with van der Waals surface area (Å²) >= 11 is 0. The Hall–Kier alpha value is -2.27. The zero-order valence-corrected chi connectivity index (χ0v) is 10.4. The summed E-state index contributed by atoms with van der Waals surface area (Å²) in [5.74, 6) is 0.878. The van der Waals surface area contributed by atoms with Crippen LogP contribution in [0.1, 0.15) is 16.7 Å². The van der Waals surface area contributed by atoms with Crippen LogP contribution in [0.5, 0.6) is 5.75 Å². The number of hydrogen-bond acceptors (Lipinski definition) is 2. The van der Waals surface area contributed by atoms with Crippen molar-refractivity contribution < 1.29 is 4.74 Å². The summed E-state index contributed by atoms with van der Waals surface area (Å²) in [7, 11) is 1.67. The van der Waals surface area contributed by atoms with Gasteiger partial charge in [0.05, 0.1) is 19.6 Å². The Morgan fingerprint density at radius 3 is 1.89 bits per heavy atom. The quantitative estimate of drug-likeness (QED) is 0.817. The van der Waals surface area contributed by atoms with Gasteiger partial charge in [0.25, 0.3) is 0 Å². The molecule has 2 rings (SSSR count). The smallest absolute Gasteiger partial charge is 0.118 e. The summed E-state index contributed by atoms with van der Waals surface area (Å²) in [6.45, 7) is 0. The third kappa shape index (κ3) is 3.11. The predicted octanol–water partition coefficient (Wildman–Crippen LogP) is 3.35. The van der Waals surface area contributed by atoms with Crippen molar-refractivity contribution in [1.29, 1.82) is 5.26 Å². The van der Waals surface area contributed by atoms with Crippen LogP contribution in [0.3, 0.4) is 0 Å². The second kappa shape index (κ2) is 5.88. The van der Waals surface area contributed by atoms with E-state index in [0.717, 1.165) is 17.7 Å². The molecular weight excluding hydrogens is 222 g/mol. The number of methoxy groups -OCH3 is 1. The minimum Gasteiger partial charge on any atom is -0.497 e. The fraction of sp³-hybridized carbons (Fsp3) is 0.188. The van der Waals surface area contributed by atoms with E-state index < -0.39 is 0 Å². The third-order valence-electron chi connectivity index (χ3n) is 2.87. The van der Waals surface area contributed by atoms with E-state index in [1.165, 1.54) is 11.1 Å². The summed E-state index contributed by atoms with van der Waals surface area (Å²) < 4.78 is 5.13. The number of nitrogens with zero attached hydrogens (tertiary/aromatic N) is 1. The van der Waals surface area contributed by atoms with Crippen LogP contribution in [-0.4, -0.2) is 7.11 Å². The van der Waals surface area contributed by atoms with Crippen LogP contribution in [0, 0.1) is 11.3 Å². The lowest BCUT2D eigenvalue weighted by atomic mass is 10.0. The van der Waals surface area contributed by atoms with Crippen molar-refractivity contribution in [3.8, 4) is 11.8 Å². The zero-order valence-electron chi connectivity index (χ0n) is 10.4. The van der Waals surface area contributed by atoms with Crippen molar-refractivity contribution in [3.63, 3.8) is 0 Å². The van der Waals surface area contributed by atoms with Gasteiger partial charge >= 0.3 is 0 Å². The number of benzene rings is 2. The molecular formula is C16H15NO. The van der Waals surface area contributed by atoms with E-state index in [2.05, 4.69) is 30.3 Å². The molecule has 18 heavy (non-hydrogen) atoms. The van der Waals surface area contributed by atoms with Crippen LogP contribution < -0.4 is 4.74 Å². The first-order valence-corrected chi connectivity index (χ1v) is 5.89. The van der Waals surface area contributed by atoms with Crippen molar-refractivity contribution >= 4 is 0 Å². The molecule has 0 radical (unpaired) electrons. The van der Waals surface area contributed by atoms with E-state index in [9.17, 15) is 0 Å². The van der Waals surface area contributed by atoms with E-state index in [4.69, 9.17) is 10.00 Å². The Kier molecular flexibility index (Phi) is 3.98. The molecule has 2 heteroatoms. The number of hydrogen-bond donors (Lipinski definition) is 0. The second-order valence-electron chi connectivity index (χ2n) is 4.18. The molecule has 0 aliphatic carbocycles. The molecule has 0 spiro atoms. The van der Waals surface area contributed by atoms with Crippen LogP contribution in [0.2, 0.25) is 0 Å². The Labute approximate surface area is 107 Å². The van der Waals surface area contributed by atoms with E-state index in [1.54, 1.807) is 7.11 Å². The lowest BCUT2D eigenvalue weighted by Crippen LogP contribution is -1.90. The Balaban J connectivity index is 2.06. The Morgan fingerprint density at radius 2 is 1.39 bits per heavy atom. The standard InChI is InChI=1S/C16H15NO/c1-18-16-8-6-15(7-9-16)12-14-4-2-13(3-5-14)10-11-17/h2-9H,10,12H2,1H3. The molecule has 0 unspecified atom stereocenters. The molecule has 0 saturated carbocycles. The molecule has 2 aromatic rings. The molecule has 0 aromatic heterocycles. The van der Waals surface area contributed by atoms with Gasteiger partial charge in [-0.3, -0.25) is 0 Å². The van der Waals surface area contributed by atoms with Gasteiger partial charge in [-0.05, 0) is 35.2 Å². The largest absolute Gasteiger partial charge is 0.497 e. The first kappa shape index (κ1) is 12.2. The highest BCUT2D eigenvalue weighted by atomic mass is 16.5. The maximum absolute atomic E-state index is 8.61. The monoisotopic (exact) mass is 237 g/mol. The van der Waals surface area contributed by atoms with Gasteiger partial charge in [-0.15, -0.1) is 0 Å². The first-order valence-electron chi connectivity index (χ1n) is 5.89. The predicted molar refractivity (Wildman–Crippen MR) is 71.6 cm³/mol. The number of rotatable bonds is 4. The highest BCUT2D eigenvalue weighted by Gasteiger charge is 1.98. The molecule has 0 heterocycles. The van der Waals surface area contributed by atoms with Crippen LogP contribution in [0.4, 0.5) is 0 Å². The summed E-state index contributed by atoms with van der Waals surface area (Å²) in [6.07, 6.45) is 1.37. The SMILES string of the molecule is COc1ccc(Cc2ccc(CC#N)cc2)cc1. The van der Waals surface area contributed by atoms with Crippen LogP contribution in [0.25, 0.3) is 0 Å². The molecule has 2 nitrogen and oxygen atoms in total. The molecule has 0 aliphatic heterocycles. The molecule has 0 aliphatic rings. The second-order valence-corrected chi connectivity index (χ2v) is 4.18. The zero-order chi connectivity index (χ0) is 12.8. The molecule has 2 aromatic carbocycles. The summed E-state index contributed by atoms with van der Waals surface area (Å²) in [6, 6.07) is 18.4. The lowest BCUT2D eigenvalue weighted by molar-refractivity contribution is 0.414. The fourth-order valence-corrected chi connectivity index (χ4v) is 1.85. The van der Waals surface area contributed by atoms with Crippen molar-refractivity contribution in [2.45, 2.75) is 12.8 Å². The maximum atomic E-state index is 8.61. The van der Waals surface area contributed by atoms with Crippen molar-refractivity contribution in [2.24, 2.45) is 0 Å². The third-order valence-corrected chi connectivity index (χ3v) is 2.87. The van der Waals surface area contributed by atoms with Gasteiger partial charge in [-0.25, -0.2) is 0 Å². The molecule has 0 bridgehead atoms.